The molecule has 1 fully saturated rings. The molecule has 1 N–H and O–H groups in total. The molecule has 4 heteroatoms. The molecule has 1 aromatic rings. The summed E-state index contributed by atoms with van der Waals surface area (Å²) in [6, 6.07) is 5.88. The molecule has 1 amide bonds. The molecule has 1 saturated heterocycles. The second-order valence-corrected chi connectivity index (χ2v) is 5.40. The maximum Gasteiger partial charge on any atom is 0.253 e. The predicted octanol–water partition coefficient (Wildman–Crippen LogP) is 2.83. The summed E-state index contributed by atoms with van der Waals surface area (Å²) in [6.45, 7) is 7.14. The summed E-state index contributed by atoms with van der Waals surface area (Å²) in [5.74, 6) is -0.119. The molecule has 0 saturated carbocycles. The number of hydrogen-bond acceptors (Lipinski definition) is 3. The van der Waals surface area contributed by atoms with Crippen molar-refractivity contribution in [3.05, 3.63) is 29.3 Å². The smallest absolute Gasteiger partial charge is 0.253 e. The first-order valence-electron chi connectivity index (χ1n) is 7.17. The molecule has 110 valence electrons. The number of carbonyl (C=O) groups is 1. The number of benzene rings is 1. The first-order chi connectivity index (χ1) is 9.56. The molecule has 1 aromatic carbocycles. The van der Waals surface area contributed by atoms with Crippen LogP contribution in [0.15, 0.2) is 18.2 Å². The van der Waals surface area contributed by atoms with E-state index in [4.69, 9.17) is 9.47 Å². The van der Waals surface area contributed by atoms with E-state index in [1.807, 2.05) is 32.0 Å². The van der Waals surface area contributed by atoms with Crippen LogP contribution in [0.4, 0.5) is 5.69 Å². The predicted molar refractivity (Wildman–Crippen MR) is 78.9 cm³/mol. The van der Waals surface area contributed by atoms with Gasteiger partial charge in [-0.05, 0) is 56.9 Å². The van der Waals surface area contributed by atoms with E-state index >= 15 is 0 Å². The summed E-state index contributed by atoms with van der Waals surface area (Å²) in [5.41, 5.74) is 3.19. The van der Waals surface area contributed by atoms with Crippen LogP contribution >= 0.6 is 0 Å². The standard InChI is InChI=1S/C16H23NO3/c1-11-6-7-14(9-12(11)2)17-16(18)13(3)20-10-15-5-4-8-19-15/h6-7,9,13,15H,4-5,8,10H2,1-3H3,(H,17,18). The van der Waals surface area contributed by atoms with Gasteiger partial charge in [0.25, 0.3) is 5.91 Å². The molecular formula is C16H23NO3. The minimum Gasteiger partial charge on any atom is -0.376 e. The molecule has 1 aliphatic heterocycles. The van der Waals surface area contributed by atoms with E-state index in [0.29, 0.717) is 6.61 Å². The van der Waals surface area contributed by atoms with E-state index in [9.17, 15) is 4.79 Å². The van der Waals surface area contributed by atoms with Gasteiger partial charge in [-0.1, -0.05) is 6.07 Å². The summed E-state index contributed by atoms with van der Waals surface area (Å²) >= 11 is 0. The molecule has 2 unspecified atom stereocenters. The van der Waals surface area contributed by atoms with Crippen LogP contribution in [-0.4, -0.2) is 31.3 Å². The minimum absolute atomic E-state index is 0.119. The van der Waals surface area contributed by atoms with Gasteiger partial charge in [0, 0.05) is 12.3 Å². The second kappa shape index (κ2) is 6.86. The number of aryl methyl sites for hydroxylation is 2. The van der Waals surface area contributed by atoms with Crippen molar-refractivity contribution in [3.8, 4) is 0 Å². The fourth-order valence-corrected chi connectivity index (χ4v) is 2.17. The van der Waals surface area contributed by atoms with E-state index in [1.165, 1.54) is 5.56 Å². The topological polar surface area (TPSA) is 47.6 Å². The number of ether oxygens (including phenoxy) is 2. The second-order valence-electron chi connectivity index (χ2n) is 5.40. The highest BCUT2D eigenvalue weighted by Gasteiger charge is 2.19. The Morgan fingerprint density at radius 1 is 1.45 bits per heavy atom. The van der Waals surface area contributed by atoms with E-state index in [1.54, 1.807) is 6.92 Å². The zero-order valence-corrected chi connectivity index (χ0v) is 12.4. The third kappa shape index (κ3) is 4.05. The van der Waals surface area contributed by atoms with Crippen LogP contribution in [0.25, 0.3) is 0 Å². The van der Waals surface area contributed by atoms with Crippen LogP contribution in [0.2, 0.25) is 0 Å². The number of hydrogen-bond donors (Lipinski definition) is 1. The van der Waals surface area contributed by atoms with Gasteiger partial charge >= 0.3 is 0 Å². The lowest BCUT2D eigenvalue weighted by Crippen LogP contribution is -2.30. The summed E-state index contributed by atoms with van der Waals surface area (Å²) < 4.78 is 11.1. The van der Waals surface area contributed by atoms with Crippen LogP contribution in [-0.2, 0) is 14.3 Å². The SMILES string of the molecule is Cc1ccc(NC(=O)C(C)OCC2CCCO2)cc1C. The van der Waals surface area contributed by atoms with Crippen molar-refractivity contribution >= 4 is 11.6 Å². The molecule has 2 atom stereocenters. The third-order valence-corrected chi connectivity index (χ3v) is 3.70. The molecule has 20 heavy (non-hydrogen) atoms. The van der Waals surface area contributed by atoms with E-state index in [0.717, 1.165) is 30.7 Å². The van der Waals surface area contributed by atoms with Crippen LogP contribution < -0.4 is 5.32 Å². The average Bonchev–Trinajstić information content (AvgIpc) is 2.93. The zero-order valence-electron chi connectivity index (χ0n) is 12.4. The van der Waals surface area contributed by atoms with Crippen molar-refractivity contribution < 1.29 is 14.3 Å². The van der Waals surface area contributed by atoms with Crippen LogP contribution in [0, 0.1) is 13.8 Å². The van der Waals surface area contributed by atoms with Gasteiger partial charge in [0.05, 0.1) is 12.7 Å². The highest BCUT2D eigenvalue weighted by molar-refractivity contribution is 5.94. The summed E-state index contributed by atoms with van der Waals surface area (Å²) in [6.07, 6.45) is 1.77. The molecular weight excluding hydrogens is 254 g/mol. The van der Waals surface area contributed by atoms with Gasteiger partial charge in [-0.25, -0.2) is 0 Å². The van der Waals surface area contributed by atoms with Gasteiger partial charge in [0.2, 0.25) is 0 Å². The van der Waals surface area contributed by atoms with E-state index in [-0.39, 0.29) is 12.0 Å². The third-order valence-electron chi connectivity index (χ3n) is 3.70. The van der Waals surface area contributed by atoms with Crippen molar-refractivity contribution in [2.45, 2.75) is 45.8 Å². The fourth-order valence-electron chi connectivity index (χ4n) is 2.17. The van der Waals surface area contributed by atoms with Crippen molar-refractivity contribution in [2.75, 3.05) is 18.5 Å². The van der Waals surface area contributed by atoms with Gasteiger partial charge < -0.3 is 14.8 Å². The highest BCUT2D eigenvalue weighted by Crippen LogP contribution is 2.16. The first-order valence-corrected chi connectivity index (χ1v) is 7.17. The Hall–Kier alpha value is -1.39. The molecule has 4 nitrogen and oxygen atoms in total. The minimum atomic E-state index is -0.471. The fraction of sp³-hybridized carbons (Fsp3) is 0.562. The van der Waals surface area contributed by atoms with Crippen molar-refractivity contribution in [1.82, 2.24) is 0 Å². The van der Waals surface area contributed by atoms with Crippen LogP contribution in [0.5, 0.6) is 0 Å². The largest absolute Gasteiger partial charge is 0.376 e. The number of rotatable bonds is 5. The summed E-state index contributed by atoms with van der Waals surface area (Å²) in [4.78, 5) is 12.0. The number of amides is 1. The summed E-state index contributed by atoms with van der Waals surface area (Å²) in [7, 11) is 0. The van der Waals surface area contributed by atoms with Gasteiger partial charge in [-0.15, -0.1) is 0 Å². The lowest BCUT2D eigenvalue weighted by Gasteiger charge is -2.16. The Morgan fingerprint density at radius 3 is 2.90 bits per heavy atom. The zero-order chi connectivity index (χ0) is 14.5. The number of anilines is 1. The average molecular weight is 277 g/mol. The molecule has 0 aromatic heterocycles. The number of carbonyl (C=O) groups excluding carboxylic acids is 1. The lowest BCUT2D eigenvalue weighted by molar-refractivity contribution is -0.128. The number of nitrogens with one attached hydrogen (secondary N) is 1. The van der Waals surface area contributed by atoms with Gasteiger partial charge in [-0.2, -0.15) is 0 Å². The monoisotopic (exact) mass is 277 g/mol. The Kier molecular flexibility index (Phi) is 5.15. The van der Waals surface area contributed by atoms with Crippen LogP contribution in [0.1, 0.15) is 30.9 Å². The molecule has 0 aliphatic carbocycles. The van der Waals surface area contributed by atoms with Crippen molar-refractivity contribution in [1.29, 1.82) is 0 Å². The lowest BCUT2D eigenvalue weighted by atomic mass is 10.1. The van der Waals surface area contributed by atoms with E-state index < -0.39 is 6.10 Å². The van der Waals surface area contributed by atoms with Crippen LogP contribution in [0.3, 0.4) is 0 Å². The Labute approximate surface area is 120 Å². The molecule has 0 radical (unpaired) electrons. The normalized spacial score (nSPS) is 19.9. The molecule has 0 bridgehead atoms. The maximum atomic E-state index is 12.0. The van der Waals surface area contributed by atoms with Crippen molar-refractivity contribution in [3.63, 3.8) is 0 Å². The first kappa shape index (κ1) is 15.0. The van der Waals surface area contributed by atoms with E-state index in [2.05, 4.69) is 5.32 Å². The van der Waals surface area contributed by atoms with Gasteiger partial charge in [-0.3, -0.25) is 4.79 Å². The maximum absolute atomic E-state index is 12.0. The van der Waals surface area contributed by atoms with Gasteiger partial charge in [0.1, 0.15) is 6.10 Å². The molecule has 0 spiro atoms. The van der Waals surface area contributed by atoms with Gasteiger partial charge in [0.15, 0.2) is 0 Å². The Morgan fingerprint density at radius 2 is 2.25 bits per heavy atom. The quantitative estimate of drug-likeness (QED) is 0.900. The molecule has 2 rings (SSSR count). The Balaban J connectivity index is 1.81. The highest BCUT2D eigenvalue weighted by atomic mass is 16.5. The Bertz CT molecular complexity index is 467. The summed E-state index contributed by atoms with van der Waals surface area (Å²) in [5, 5.41) is 2.88. The molecule has 1 aliphatic rings. The molecule has 1 heterocycles. The van der Waals surface area contributed by atoms with Crippen molar-refractivity contribution in [2.24, 2.45) is 0 Å².